The number of fused-ring (bicyclic) bond motifs is 2. The van der Waals surface area contributed by atoms with Crippen molar-refractivity contribution in [2.24, 2.45) is 17.4 Å². The van der Waals surface area contributed by atoms with Crippen LogP contribution in [0.5, 0.6) is 5.75 Å². The zero-order valence-electron chi connectivity index (χ0n) is 62.7. The number of nitrogens with one attached hydrogen (secondary N) is 10. The van der Waals surface area contributed by atoms with Crippen molar-refractivity contribution >= 4 is 76.9 Å². The quantitative estimate of drug-likeness (QED) is 0.0322. The highest BCUT2D eigenvalue weighted by Gasteiger charge is 2.48. The van der Waals surface area contributed by atoms with Crippen LogP contribution in [0.4, 0.5) is 0 Å². The number of carbonyl (C=O) groups excluding carboxylic acids is 13. The molecule has 604 valence electrons. The summed E-state index contributed by atoms with van der Waals surface area (Å²) < 4.78 is 5.96. The van der Waals surface area contributed by atoms with E-state index in [1.165, 1.54) is 64.8 Å². The number of carbonyl (C=O) groups is 13. The van der Waals surface area contributed by atoms with Crippen molar-refractivity contribution in [2.75, 3.05) is 32.7 Å². The molecule has 0 aliphatic carbocycles. The van der Waals surface area contributed by atoms with Crippen LogP contribution >= 0.6 is 0 Å². The largest absolute Gasteiger partial charge is 0.508 e. The summed E-state index contributed by atoms with van der Waals surface area (Å²) >= 11 is 0. The van der Waals surface area contributed by atoms with E-state index in [4.69, 9.17) is 16.2 Å². The Morgan fingerprint density at radius 3 is 1.58 bits per heavy atom. The number of cyclic esters (lactones) is 1. The van der Waals surface area contributed by atoms with E-state index in [1.807, 2.05) is 0 Å². The Hall–Kier alpha value is -8.23. The standard InChI is InChI=1S/C71H118N14O22/c1-9-10-11-12-13-14-15-16-17-18-19-21-46-34-52(94)78-55(39(5)86)65(100)75-38(4)61(96)77-48(32-43-23-25-44(90)26-24-43)62(97)80-54(37(2)3)69(104)85-36-45(91)33-49(85)63(98)81-57(41(7)88)67(102)82-58(42(8)89)70(105)84-31-28-51(93)60(84)68(103)83-59(50(92)27-30-73)64(99)74-35-53(95)79-56(40(6)87)66(101)76-47(22-20-29-72)71(106)107-46/h23-26,37-42,45-51,54-60,86-93H,9-22,27-36,72-73H2,1-8H3,(H,74,99)(H,75,100)(H,76,101)(H,77,96)(H,78,94)(H,79,95)(H,80,97)(H,81,98)(H,82,102)(H,83,103)/t38-,39-,40-,41-,42-,45-,46-,47+,48+,49+,50-,51+,54+,55-,56-,57-,58+,59+,60+/m1/s1. The van der Waals surface area contributed by atoms with E-state index in [2.05, 4.69) is 60.1 Å². The number of phenolic OH excluding ortho intramolecular Hbond substituents is 1. The number of aromatic hydroxyl groups is 1. The summed E-state index contributed by atoms with van der Waals surface area (Å²) in [5.74, 6) is -15.3. The molecule has 0 unspecified atom stereocenters. The van der Waals surface area contributed by atoms with Crippen LogP contribution < -0.4 is 64.6 Å². The van der Waals surface area contributed by atoms with Crippen molar-refractivity contribution in [3.63, 3.8) is 0 Å². The molecular weight excluding hydrogens is 1400 g/mol. The third-order valence-corrected chi connectivity index (χ3v) is 19.0. The molecule has 0 radical (unpaired) electrons. The highest BCUT2D eigenvalue weighted by Crippen LogP contribution is 2.25. The highest BCUT2D eigenvalue weighted by atomic mass is 16.5. The second-order valence-electron chi connectivity index (χ2n) is 28.6. The van der Waals surface area contributed by atoms with Crippen LogP contribution in [-0.4, -0.2) is 276 Å². The summed E-state index contributed by atoms with van der Waals surface area (Å²) in [6, 6.07) is -13.7. The van der Waals surface area contributed by atoms with Crippen LogP contribution in [0.3, 0.4) is 0 Å². The number of nitrogens with two attached hydrogens (primary N) is 2. The van der Waals surface area contributed by atoms with Gasteiger partial charge in [0.15, 0.2) is 0 Å². The lowest BCUT2D eigenvalue weighted by Crippen LogP contribution is -2.64. The number of rotatable bonds is 25. The lowest BCUT2D eigenvalue weighted by atomic mass is 9.99. The molecule has 0 bridgehead atoms. The number of nitrogens with zero attached hydrogens (tertiary/aromatic N) is 2. The van der Waals surface area contributed by atoms with Crippen LogP contribution in [0.25, 0.3) is 0 Å². The molecule has 3 aliphatic rings. The van der Waals surface area contributed by atoms with Gasteiger partial charge in [0.25, 0.3) is 0 Å². The molecule has 0 spiro atoms. The number of ether oxygens (including phenoxy) is 1. The normalized spacial score (nSPS) is 28.3. The van der Waals surface area contributed by atoms with Crippen LogP contribution in [0.1, 0.15) is 177 Å². The van der Waals surface area contributed by atoms with Crippen LogP contribution in [0.2, 0.25) is 0 Å². The number of phenols is 1. The number of amides is 12. The Morgan fingerprint density at radius 1 is 0.514 bits per heavy atom. The first kappa shape index (κ1) is 91.2. The second-order valence-corrected chi connectivity index (χ2v) is 28.6. The van der Waals surface area contributed by atoms with Gasteiger partial charge in [-0.2, -0.15) is 0 Å². The summed E-state index contributed by atoms with van der Waals surface area (Å²) in [7, 11) is 0. The van der Waals surface area contributed by atoms with Gasteiger partial charge in [-0.15, -0.1) is 0 Å². The fourth-order valence-electron chi connectivity index (χ4n) is 12.8. The minimum absolute atomic E-state index is 0.00344. The zero-order chi connectivity index (χ0) is 79.9. The lowest BCUT2D eigenvalue weighted by molar-refractivity contribution is -0.155. The molecule has 107 heavy (non-hydrogen) atoms. The Balaban J connectivity index is 1.79. The van der Waals surface area contributed by atoms with Crippen molar-refractivity contribution in [1.82, 2.24) is 63.0 Å². The Kier molecular flexibility index (Phi) is 38.8. The van der Waals surface area contributed by atoms with Crippen molar-refractivity contribution < 1.29 is 108 Å². The van der Waals surface area contributed by atoms with Gasteiger partial charge in [0, 0.05) is 25.9 Å². The molecule has 19 atom stereocenters. The molecule has 3 heterocycles. The fourth-order valence-corrected chi connectivity index (χ4v) is 12.8. The molecule has 3 aliphatic heterocycles. The predicted molar refractivity (Wildman–Crippen MR) is 385 cm³/mol. The van der Waals surface area contributed by atoms with Gasteiger partial charge in [-0.25, -0.2) is 4.79 Å². The number of esters is 1. The van der Waals surface area contributed by atoms with E-state index < -0.39 is 231 Å². The third kappa shape index (κ3) is 29.0. The van der Waals surface area contributed by atoms with E-state index >= 15 is 0 Å². The molecule has 36 heteroatoms. The van der Waals surface area contributed by atoms with Crippen LogP contribution in [0.15, 0.2) is 24.3 Å². The number of aliphatic hydroxyl groups excluding tert-OH is 7. The second kappa shape index (κ2) is 45.6. The van der Waals surface area contributed by atoms with Gasteiger partial charge in [0.2, 0.25) is 70.9 Å². The number of hydrogen-bond acceptors (Lipinski definition) is 24. The van der Waals surface area contributed by atoms with E-state index in [0.717, 1.165) is 75.5 Å². The zero-order valence-corrected chi connectivity index (χ0v) is 62.7. The minimum Gasteiger partial charge on any atom is -0.508 e. The first-order chi connectivity index (χ1) is 50.5. The number of benzene rings is 1. The minimum atomic E-state index is -2.00. The molecule has 1 aromatic rings. The lowest BCUT2D eigenvalue weighted by Gasteiger charge is -2.34. The molecule has 4 rings (SSSR count). The number of hydrogen-bond donors (Lipinski definition) is 20. The van der Waals surface area contributed by atoms with Gasteiger partial charge in [0.05, 0.1) is 55.7 Å². The van der Waals surface area contributed by atoms with Crippen LogP contribution in [-0.2, 0) is 73.5 Å². The maximum Gasteiger partial charge on any atom is 0.328 e. The fraction of sp³-hybridized carbons (Fsp3) is 0.732. The van der Waals surface area contributed by atoms with E-state index in [0.29, 0.717) is 18.4 Å². The number of unbranched alkanes of at least 4 members (excludes halogenated alkanes) is 10. The van der Waals surface area contributed by atoms with E-state index in [-0.39, 0.29) is 57.4 Å². The molecular formula is C71H118N14O22. The van der Waals surface area contributed by atoms with Gasteiger partial charge < -0.3 is 120 Å². The van der Waals surface area contributed by atoms with E-state index in [9.17, 15) is 103 Å². The highest BCUT2D eigenvalue weighted by molar-refractivity contribution is 6.00. The summed E-state index contributed by atoms with van der Waals surface area (Å²) in [6.07, 6.45) is -4.42. The maximum absolute atomic E-state index is 14.8. The Bertz CT molecular complexity index is 3110. The third-order valence-electron chi connectivity index (χ3n) is 19.0. The van der Waals surface area contributed by atoms with Crippen molar-refractivity contribution in [2.45, 2.75) is 293 Å². The SMILES string of the molecule is CCCCCCCCCCCCC[C@@H]1CC(=O)N[C@H]([C@@H](C)O)C(=O)N[C@H](C)C(=O)N[C@@H](Cc2ccc(O)cc2)C(=O)N[C@@H](C(C)C)C(=O)N2C[C@H](O)C[C@H]2C(=O)N[C@H]([C@@H](C)O)C(=O)N[C@@H]([C@@H](C)O)C(=O)N2CC[C@H](O)[C@H]2C(=O)N[C@@H]([C@H](O)CCN)C(=O)NCC(=O)N[C@H]([C@@H](C)O)C(=O)N[C@@H](CCCN)C(=O)O1. The average Bonchev–Trinajstić information content (AvgIpc) is 1.69. The number of aliphatic hydroxyl groups is 7. The Labute approximate surface area is 623 Å². The monoisotopic (exact) mass is 1520 g/mol. The van der Waals surface area contributed by atoms with E-state index in [1.54, 1.807) is 0 Å². The molecule has 0 saturated carbocycles. The molecule has 3 saturated heterocycles. The van der Waals surface area contributed by atoms with Crippen molar-refractivity contribution in [3.05, 3.63) is 29.8 Å². The molecule has 3 fully saturated rings. The van der Waals surface area contributed by atoms with Gasteiger partial charge in [0.1, 0.15) is 78.3 Å². The molecule has 12 amide bonds. The van der Waals surface area contributed by atoms with Gasteiger partial charge in [-0.05, 0) is 110 Å². The summed E-state index contributed by atoms with van der Waals surface area (Å²) in [5, 5.41) is 111. The topological polar surface area (TPSA) is 572 Å². The van der Waals surface area contributed by atoms with Crippen LogP contribution in [0, 0.1) is 5.92 Å². The Morgan fingerprint density at radius 2 is 1.02 bits per heavy atom. The first-order valence-corrected chi connectivity index (χ1v) is 37.3. The molecule has 1 aromatic carbocycles. The maximum atomic E-state index is 14.8. The molecule has 36 nitrogen and oxygen atoms in total. The van der Waals surface area contributed by atoms with Gasteiger partial charge in [-0.1, -0.05) is 97.1 Å². The first-order valence-electron chi connectivity index (χ1n) is 37.3. The van der Waals surface area contributed by atoms with Crippen molar-refractivity contribution in [3.8, 4) is 5.75 Å². The molecule has 22 N–H and O–H groups in total. The van der Waals surface area contributed by atoms with Gasteiger partial charge >= 0.3 is 5.97 Å². The molecule has 0 aromatic heterocycles. The summed E-state index contributed by atoms with van der Waals surface area (Å²) in [6.45, 7) is 8.73. The van der Waals surface area contributed by atoms with Gasteiger partial charge in [-0.3, -0.25) is 57.5 Å². The average molecular weight is 1520 g/mol. The summed E-state index contributed by atoms with van der Waals surface area (Å²) in [5.41, 5.74) is 11.9. The smallest absolute Gasteiger partial charge is 0.328 e. The summed E-state index contributed by atoms with van der Waals surface area (Å²) in [4.78, 5) is 187. The van der Waals surface area contributed by atoms with Crippen molar-refractivity contribution in [1.29, 1.82) is 0 Å². The predicted octanol–water partition coefficient (Wildman–Crippen LogP) is -5.00.